The van der Waals surface area contributed by atoms with Gasteiger partial charge in [0.15, 0.2) is 0 Å². The van der Waals surface area contributed by atoms with Crippen molar-refractivity contribution in [2.24, 2.45) is 0 Å². The van der Waals surface area contributed by atoms with Gasteiger partial charge in [0.2, 0.25) is 0 Å². The number of nitrogens with zero attached hydrogens (tertiary/aromatic N) is 1. The SMILES string of the molecule is CCOc1ccccc1NC(=O)c1cc(C(=O)Nc2cccc(Cl)c2)ccn1. The van der Waals surface area contributed by atoms with Crippen molar-refractivity contribution in [1.82, 2.24) is 4.98 Å². The predicted octanol–water partition coefficient (Wildman–Crippen LogP) is 4.64. The van der Waals surface area contributed by atoms with E-state index in [1.54, 1.807) is 42.5 Å². The molecule has 1 heterocycles. The molecule has 2 amide bonds. The van der Waals surface area contributed by atoms with Crippen LogP contribution in [0.4, 0.5) is 11.4 Å². The van der Waals surface area contributed by atoms with Crippen molar-refractivity contribution < 1.29 is 14.3 Å². The lowest BCUT2D eigenvalue weighted by atomic mass is 10.2. The highest BCUT2D eigenvalue weighted by Crippen LogP contribution is 2.24. The fraction of sp³-hybridized carbons (Fsp3) is 0.0952. The standard InChI is InChI=1S/C21H18ClN3O3/c1-2-28-19-9-4-3-8-17(19)25-21(27)18-12-14(10-11-23-18)20(26)24-16-7-5-6-15(22)13-16/h3-13H,2H2,1H3,(H,24,26)(H,25,27). The summed E-state index contributed by atoms with van der Waals surface area (Å²) < 4.78 is 5.50. The molecule has 0 saturated heterocycles. The maximum absolute atomic E-state index is 12.6. The average molecular weight is 396 g/mol. The van der Waals surface area contributed by atoms with Crippen molar-refractivity contribution in [3.05, 3.63) is 83.1 Å². The molecule has 3 aromatic rings. The van der Waals surface area contributed by atoms with E-state index in [1.165, 1.54) is 18.3 Å². The zero-order valence-corrected chi connectivity index (χ0v) is 15.9. The second-order valence-corrected chi connectivity index (χ2v) is 6.21. The first-order valence-electron chi connectivity index (χ1n) is 8.63. The summed E-state index contributed by atoms with van der Waals surface area (Å²) in [6, 6.07) is 16.9. The zero-order valence-electron chi connectivity index (χ0n) is 15.1. The van der Waals surface area contributed by atoms with E-state index in [-0.39, 0.29) is 11.6 Å². The van der Waals surface area contributed by atoms with Crippen molar-refractivity contribution in [1.29, 1.82) is 0 Å². The monoisotopic (exact) mass is 395 g/mol. The summed E-state index contributed by atoms with van der Waals surface area (Å²) in [4.78, 5) is 29.1. The maximum Gasteiger partial charge on any atom is 0.274 e. The van der Waals surface area contributed by atoms with Crippen LogP contribution in [0.15, 0.2) is 66.9 Å². The number of carbonyl (C=O) groups excluding carboxylic acids is 2. The number of hydrogen-bond donors (Lipinski definition) is 2. The third kappa shape index (κ3) is 4.86. The number of benzene rings is 2. The first-order chi connectivity index (χ1) is 13.6. The molecule has 0 aliphatic heterocycles. The number of para-hydroxylation sites is 2. The number of halogens is 1. The summed E-state index contributed by atoms with van der Waals surface area (Å²) in [6.07, 6.45) is 1.41. The molecule has 0 radical (unpaired) electrons. The topological polar surface area (TPSA) is 80.3 Å². The number of carbonyl (C=O) groups is 2. The van der Waals surface area contributed by atoms with Crippen LogP contribution < -0.4 is 15.4 Å². The van der Waals surface area contributed by atoms with Crippen LogP contribution in [0.3, 0.4) is 0 Å². The van der Waals surface area contributed by atoms with E-state index in [0.717, 1.165) is 0 Å². The van der Waals surface area contributed by atoms with Gasteiger partial charge in [-0.15, -0.1) is 0 Å². The van der Waals surface area contributed by atoms with Crippen molar-refractivity contribution in [2.45, 2.75) is 6.92 Å². The molecule has 0 spiro atoms. The molecule has 0 atom stereocenters. The Balaban J connectivity index is 1.75. The summed E-state index contributed by atoms with van der Waals surface area (Å²) in [5.41, 5.74) is 1.51. The highest BCUT2D eigenvalue weighted by Gasteiger charge is 2.14. The third-order valence-electron chi connectivity index (χ3n) is 3.77. The fourth-order valence-corrected chi connectivity index (χ4v) is 2.69. The van der Waals surface area contributed by atoms with Gasteiger partial charge in [0.05, 0.1) is 12.3 Å². The smallest absolute Gasteiger partial charge is 0.274 e. The zero-order chi connectivity index (χ0) is 19.9. The van der Waals surface area contributed by atoms with Crippen molar-refractivity contribution in [3.63, 3.8) is 0 Å². The van der Waals surface area contributed by atoms with Gasteiger partial charge >= 0.3 is 0 Å². The second-order valence-electron chi connectivity index (χ2n) is 5.78. The summed E-state index contributed by atoms with van der Waals surface area (Å²) in [5, 5.41) is 6.01. The van der Waals surface area contributed by atoms with E-state index in [1.807, 2.05) is 13.0 Å². The molecule has 0 fully saturated rings. The minimum absolute atomic E-state index is 0.116. The number of pyridine rings is 1. The first kappa shape index (κ1) is 19.4. The largest absolute Gasteiger partial charge is 0.492 e. The molecule has 0 unspecified atom stereocenters. The number of amides is 2. The van der Waals surface area contributed by atoms with Crippen molar-refractivity contribution >= 4 is 34.8 Å². The van der Waals surface area contributed by atoms with Crippen molar-refractivity contribution in [2.75, 3.05) is 17.2 Å². The van der Waals surface area contributed by atoms with Gasteiger partial charge in [-0.1, -0.05) is 29.8 Å². The molecule has 0 aliphatic rings. The Hall–Kier alpha value is -3.38. The summed E-state index contributed by atoms with van der Waals surface area (Å²) in [6.45, 7) is 2.34. The van der Waals surface area contributed by atoms with E-state index < -0.39 is 5.91 Å². The number of nitrogens with one attached hydrogen (secondary N) is 2. The third-order valence-corrected chi connectivity index (χ3v) is 4.01. The molecule has 142 valence electrons. The van der Waals surface area contributed by atoms with Crippen LogP contribution in [0, 0.1) is 0 Å². The molecule has 7 heteroatoms. The van der Waals surface area contributed by atoms with Gasteiger partial charge in [-0.05, 0) is 49.4 Å². The van der Waals surface area contributed by atoms with E-state index in [9.17, 15) is 9.59 Å². The molecule has 28 heavy (non-hydrogen) atoms. The Kier molecular flexibility index (Phi) is 6.24. The Labute approximate surface area is 167 Å². The normalized spacial score (nSPS) is 10.2. The second kappa shape index (κ2) is 9.01. The van der Waals surface area contributed by atoms with E-state index in [2.05, 4.69) is 15.6 Å². The number of hydrogen-bond acceptors (Lipinski definition) is 4. The van der Waals surface area contributed by atoms with Crippen LogP contribution in [0.5, 0.6) is 5.75 Å². The average Bonchev–Trinajstić information content (AvgIpc) is 2.70. The lowest BCUT2D eigenvalue weighted by Crippen LogP contribution is -2.17. The van der Waals surface area contributed by atoms with E-state index in [0.29, 0.717) is 34.3 Å². The van der Waals surface area contributed by atoms with Crippen molar-refractivity contribution in [3.8, 4) is 5.75 Å². The maximum atomic E-state index is 12.6. The highest BCUT2D eigenvalue weighted by atomic mass is 35.5. The van der Waals surface area contributed by atoms with Crippen LogP contribution in [-0.4, -0.2) is 23.4 Å². The molecule has 3 rings (SSSR count). The number of aromatic nitrogens is 1. The minimum Gasteiger partial charge on any atom is -0.492 e. The fourth-order valence-electron chi connectivity index (χ4n) is 2.50. The van der Waals surface area contributed by atoms with Crippen LogP contribution in [0.1, 0.15) is 27.8 Å². The number of ether oxygens (including phenoxy) is 1. The molecule has 2 N–H and O–H groups in total. The van der Waals surface area contributed by atoms with Gasteiger partial charge < -0.3 is 15.4 Å². The lowest BCUT2D eigenvalue weighted by Gasteiger charge is -2.11. The van der Waals surface area contributed by atoms with Crippen LogP contribution in [0.2, 0.25) is 5.02 Å². The molecule has 6 nitrogen and oxygen atoms in total. The van der Waals surface area contributed by atoms with Crippen LogP contribution in [0.25, 0.3) is 0 Å². The molecule has 0 bridgehead atoms. The van der Waals surface area contributed by atoms with Gasteiger partial charge in [0.1, 0.15) is 11.4 Å². The highest BCUT2D eigenvalue weighted by molar-refractivity contribution is 6.31. The molecule has 1 aromatic heterocycles. The Morgan fingerprint density at radius 1 is 1.00 bits per heavy atom. The summed E-state index contributed by atoms with van der Waals surface area (Å²) in [7, 11) is 0. The number of anilines is 2. The van der Waals surface area contributed by atoms with Gasteiger partial charge in [0.25, 0.3) is 11.8 Å². The Morgan fingerprint density at radius 3 is 2.61 bits per heavy atom. The molecule has 2 aromatic carbocycles. The summed E-state index contributed by atoms with van der Waals surface area (Å²) in [5.74, 6) is -0.244. The Morgan fingerprint density at radius 2 is 1.82 bits per heavy atom. The van der Waals surface area contributed by atoms with Gasteiger partial charge in [-0.25, -0.2) is 0 Å². The number of rotatable bonds is 6. The molecular formula is C21H18ClN3O3. The predicted molar refractivity (Wildman–Crippen MR) is 109 cm³/mol. The van der Waals surface area contributed by atoms with E-state index in [4.69, 9.17) is 16.3 Å². The van der Waals surface area contributed by atoms with Gasteiger partial charge in [-0.2, -0.15) is 0 Å². The molecular weight excluding hydrogens is 378 g/mol. The van der Waals surface area contributed by atoms with Gasteiger partial charge in [0, 0.05) is 22.5 Å². The summed E-state index contributed by atoms with van der Waals surface area (Å²) >= 11 is 5.93. The molecule has 0 saturated carbocycles. The van der Waals surface area contributed by atoms with Gasteiger partial charge in [-0.3, -0.25) is 14.6 Å². The minimum atomic E-state index is -0.440. The lowest BCUT2D eigenvalue weighted by molar-refractivity contribution is 0.102. The Bertz CT molecular complexity index is 1010. The van der Waals surface area contributed by atoms with E-state index >= 15 is 0 Å². The van der Waals surface area contributed by atoms with Crippen LogP contribution >= 0.6 is 11.6 Å². The quantitative estimate of drug-likeness (QED) is 0.637. The molecule has 0 aliphatic carbocycles. The van der Waals surface area contributed by atoms with Crippen LogP contribution in [-0.2, 0) is 0 Å². The first-order valence-corrected chi connectivity index (χ1v) is 9.00.